The van der Waals surface area contributed by atoms with Crippen LogP contribution in [0.15, 0.2) is 29.5 Å². The first-order chi connectivity index (χ1) is 15.0. The van der Waals surface area contributed by atoms with Crippen LogP contribution < -0.4 is 4.74 Å². The van der Waals surface area contributed by atoms with Crippen LogP contribution in [0.4, 0.5) is 0 Å². The molecule has 0 bridgehead atoms. The summed E-state index contributed by atoms with van der Waals surface area (Å²) in [6.07, 6.45) is 2.65. The van der Waals surface area contributed by atoms with Crippen LogP contribution in [-0.2, 0) is 4.74 Å². The van der Waals surface area contributed by atoms with Gasteiger partial charge in [0.25, 0.3) is 0 Å². The molecule has 1 saturated heterocycles. The molecule has 1 aliphatic carbocycles. The number of aliphatic hydroxyl groups excluding tert-OH is 2. The van der Waals surface area contributed by atoms with E-state index in [0.29, 0.717) is 12.2 Å². The molecule has 5 heteroatoms. The van der Waals surface area contributed by atoms with E-state index in [0.717, 1.165) is 48.1 Å². The Morgan fingerprint density at radius 2 is 1.94 bits per heavy atom. The molecule has 0 unspecified atom stereocenters. The van der Waals surface area contributed by atoms with Gasteiger partial charge in [0.05, 0.1) is 23.9 Å². The van der Waals surface area contributed by atoms with Crippen molar-refractivity contribution in [3.63, 3.8) is 0 Å². The van der Waals surface area contributed by atoms with E-state index in [1.54, 1.807) is 13.8 Å². The Kier molecular flexibility index (Phi) is 6.25. The van der Waals surface area contributed by atoms with Gasteiger partial charge < -0.3 is 24.8 Å². The molecule has 2 heterocycles. The summed E-state index contributed by atoms with van der Waals surface area (Å²) in [4.78, 5) is 0. The van der Waals surface area contributed by atoms with E-state index in [4.69, 9.17) is 9.47 Å². The number of rotatable bonds is 5. The fourth-order valence-corrected chi connectivity index (χ4v) is 5.88. The molecule has 1 fully saturated rings. The van der Waals surface area contributed by atoms with Gasteiger partial charge in [-0.1, -0.05) is 46.2 Å². The quantitative estimate of drug-likeness (QED) is 0.596. The first-order valence-corrected chi connectivity index (χ1v) is 12.3. The van der Waals surface area contributed by atoms with E-state index >= 15 is 0 Å². The molecule has 3 N–H and O–H groups in total. The highest BCUT2D eigenvalue weighted by molar-refractivity contribution is 5.49. The summed E-state index contributed by atoms with van der Waals surface area (Å²) in [7, 11) is 0. The zero-order chi connectivity index (χ0) is 23.4. The topological polar surface area (TPSA) is 79.2 Å². The average Bonchev–Trinajstić information content (AvgIpc) is 2.75. The Morgan fingerprint density at radius 1 is 1.22 bits per heavy atom. The third-order valence-corrected chi connectivity index (χ3v) is 8.41. The van der Waals surface area contributed by atoms with E-state index in [9.17, 15) is 15.3 Å². The Labute approximate surface area is 192 Å². The normalized spacial score (nSPS) is 32.8. The maximum absolute atomic E-state index is 11.5. The van der Waals surface area contributed by atoms with Crippen molar-refractivity contribution in [2.75, 3.05) is 0 Å². The molecule has 1 aromatic rings. The number of allylic oxidation sites excluding steroid dienone is 1. The minimum absolute atomic E-state index is 0.00913. The first-order valence-electron chi connectivity index (χ1n) is 12.3. The molecule has 0 spiro atoms. The van der Waals surface area contributed by atoms with Gasteiger partial charge >= 0.3 is 0 Å². The summed E-state index contributed by atoms with van der Waals surface area (Å²) in [5, 5.41) is 32.6. The Hall–Kier alpha value is -1.40. The van der Waals surface area contributed by atoms with E-state index < -0.39 is 17.8 Å². The smallest absolute Gasteiger partial charge is 0.133 e. The molecular weight excluding hydrogens is 404 g/mol. The van der Waals surface area contributed by atoms with Gasteiger partial charge in [-0.25, -0.2) is 0 Å². The van der Waals surface area contributed by atoms with Crippen molar-refractivity contribution in [1.29, 1.82) is 0 Å². The fourth-order valence-electron chi connectivity index (χ4n) is 5.88. The second-order valence-electron chi connectivity index (χ2n) is 11.1. The molecule has 2 aliphatic heterocycles. The first kappa shape index (κ1) is 23.7. The largest absolute Gasteiger partial charge is 0.461 e. The summed E-state index contributed by atoms with van der Waals surface area (Å²) in [6.45, 7) is 12.0. The highest BCUT2D eigenvalue weighted by atomic mass is 16.5. The molecule has 0 radical (unpaired) electrons. The number of hydrogen-bond acceptors (Lipinski definition) is 5. The molecule has 5 nitrogen and oxygen atoms in total. The van der Waals surface area contributed by atoms with Gasteiger partial charge in [-0.05, 0) is 50.7 Å². The molecule has 0 saturated carbocycles. The molecule has 32 heavy (non-hydrogen) atoms. The molecule has 178 valence electrons. The van der Waals surface area contributed by atoms with Crippen molar-refractivity contribution in [2.24, 2.45) is 11.3 Å². The molecular formula is C27H40O5. The lowest BCUT2D eigenvalue weighted by Crippen LogP contribution is -2.53. The maximum atomic E-state index is 11.5. The minimum atomic E-state index is -0.878. The van der Waals surface area contributed by atoms with Crippen LogP contribution in [0.3, 0.4) is 0 Å². The Bertz CT molecular complexity index is 885. The van der Waals surface area contributed by atoms with Gasteiger partial charge in [-0.3, -0.25) is 0 Å². The standard InChI is InChI=1S/C27H40O5/c1-7-15(2)24(28)16(3)17-8-9-18-20(14-17)31-19-10-11-22-27(6,23(19)25(18)29)13-12-21(32-22)26(4,5)30/h8-9,14-16,21-22,24-25,28-30H,7,10-13H2,1-6H3/t15-,16-,21+,22+,24+,25+,27-/m0/s1. The number of ether oxygens (including phenoxy) is 2. The van der Waals surface area contributed by atoms with Gasteiger partial charge in [-0.15, -0.1) is 0 Å². The van der Waals surface area contributed by atoms with Crippen LogP contribution in [0.25, 0.3) is 0 Å². The summed E-state index contributed by atoms with van der Waals surface area (Å²) < 4.78 is 12.8. The molecule has 0 aromatic heterocycles. The van der Waals surface area contributed by atoms with Crippen molar-refractivity contribution < 1.29 is 24.8 Å². The van der Waals surface area contributed by atoms with Crippen LogP contribution in [-0.4, -0.2) is 39.2 Å². The van der Waals surface area contributed by atoms with Gasteiger partial charge in [0.15, 0.2) is 0 Å². The molecule has 7 atom stereocenters. The van der Waals surface area contributed by atoms with Crippen LogP contribution in [0.1, 0.15) is 96.8 Å². The van der Waals surface area contributed by atoms with Gasteiger partial charge in [0.2, 0.25) is 0 Å². The van der Waals surface area contributed by atoms with Gasteiger partial charge in [-0.2, -0.15) is 0 Å². The van der Waals surface area contributed by atoms with E-state index in [2.05, 4.69) is 20.8 Å². The van der Waals surface area contributed by atoms with E-state index in [1.807, 2.05) is 25.1 Å². The fraction of sp³-hybridized carbons (Fsp3) is 0.704. The number of fused-ring (bicyclic) bond motifs is 3. The molecule has 3 aliphatic rings. The van der Waals surface area contributed by atoms with Crippen LogP contribution in [0.2, 0.25) is 0 Å². The van der Waals surface area contributed by atoms with Gasteiger partial charge in [0, 0.05) is 28.9 Å². The van der Waals surface area contributed by atoms with E-state index in [1.165, 1.54) is 0 Å². The van der Waals surface area contributed by atoms with Crippen molar-refractivity contribution in [2.45, 2.75) is 110 Å². The lowest BCUT2D eigenvalue weighted by Gasteiger charge is -2.52. The predicted octanol–water partition coefficient (Wildman–Crippen LogP) is 5.00. The third kappa shape index (κ3) is 3.91. The van der Waals surface area contributed by atoms with Crippen molar-refractivity contribution >= 4 is 0 Å². The zero-order valence-corrected chi connectivity index (χ0v) is 20.4. The number of hydrogen-bond donors (Lipinski definition) is 3. The third-order valence-electron chi connectivity index (χ3n) is 8.41. The second kappa shape index (κ2) is 8.43. The maximum Gasteiger partial charge on any atom is 0.133 e. The molecule has 4 rings (SSSR count). The molecule has 1 aromatic carbocycles. The number of aliphatic hydroxyl groups is 3. The number of benzene rings is 1. The SMILES string of the molecule is CC[C@H](C)[C@@H](O)[C@@H](C)c1ccc2c(c1)OC1=C([C@@H]2O)[C@@]2(C)CC[C@H](C(C)(C)O)O[C@@H]2CC1. The Morgan fingerprint density at radius 3 is 2.59 bits per heavy atom. The summed E-state index contributed by atoms with van der Waals surface area (Å²) in [6, 6.07) is 5.96. The second-order valence-corrected chi connectivity index (χ2v) is 11.1. The minimum Gasteiger partial charge on any atom is -0.461 e. The highest BCUT2D eigenvalue weighted by Crippen LogP contribution is 2.56. The van der Waals surface area contributed by atoms with E-state index in [-0.39, 0.29) is 29.5 Å². The van der Waals surface area contributed by atoms with Crippen LogP contribution >= 0.6 is 0 Å². The van der Waals surface area contributed by atoms with Crippen molar-refractivity contribution in [3.05, 3.63) is 40.7 Å². The lowest BCUT2D eigenvalue weighted by molar-refractivity contribution is -0.184. The Balaban J connectivity index is 1.62. The summed E-state index contributed by atoms with van der Waals surface area (Å²) in [5.41, 5.74) is 1.56. The summed E-state index contributed by atoms with van der Waals surface area (Å²) in [5.74, 6) is 1.77. The molecule has 0 amide bonds. The summed E-state index contributed by atoms with van der Waals surface area (Å²) >= 11 is 0. The lowest BCUT2D eigenvalue weighted by atomic mass is 9.63. The average molecular weight is 445 g/mol. The van der Waals surface area contributed by atoms with Crippen LogP contribution in [0.5, 0.6) is 5.75 Å². The highest BCUT2D eigenvalue weighted by Gasteiger charge is 2.52. The van der Waals surface area contributed by atoms with Gasteiger partial charge in [0.1, 0.15) is 17.6 Å². The van der Waals surface area contributed by atoms with Crippen molar-refractivity contribution in [3.8, 4) is 5.75 Å². The zero-order valence-electron chi connectivity index (χ0n) is 20.4. The predicted molar refractivity (Wildman–Crippen MR) is 124 cm³/mol. The van der Waals surface area contributed by atoms with Crippen molar-refractivity contribution in [1.82, 2.24) is 0 Å². The monoisotopic (exact) mass is 444 g/mol. The van der Waals surface area contributed by atoms with Crippen LogP contribution in [0, 0.1) is 11.3 Å².